The van der Waals surface area contributed by atoms with E-state index in [1.807, 2.05) is 72.3 Å². The van der Waals surface area contributed by atoms with Gasteiger partial charge in [-0.05, 0) is 25.0 Å². The zero-order valence-corrected chi connectivity index (χ0v) is 15.6. The van der Waals surface area contributed by atoms with Crippen molar-refractivity contribution in [1.82, 2.24) is 10.6 Å². The Morgan fingerprint density at radius 1 is 0.769 bits per heavy atom. The van der Waals surface area contributed by atoms with Crippen molar-refractivity contribution in [2.45, 2.75) is 25.7 Å². The zero-order chi connectivity index (χ0) is 18.8. The van der Waals surface area contributed by atoms with Crippen molar-refractivity contribution < 1.29 is 18.7 Å². The molecule has 2 rings (SSSR count). The Morgan fingerprint density at radius 3 is 1.58 bits per heavy atom. The number of nitrogens with one attached hydrogen (secondary N) is 2. The van der Waals surface area contributed by atoms with E-state index >= 15 is 0 Å². The maximum Gasteiger partial charge on any atom is 0.257 e. The second-order valence-corrected chi connectivity index (χ2v) is 6.44. The molecular weight excluding hydrogens is 328 g/mol. The topological polar surface area (TPSA) is 66.0 Å². The molecule has 0 spiro atoms. The summed E-state index contributed by atoms with van der Waals surface area (Å²) in [6, 6.07) is 7.34. The molecule has 0 fully saturated rings. The summed E-state index contributed by atoms with van der Waals surface area (Å²) < 4.78 is 3.72. The first-order chi connectivity index (χ1) is 12.6. The number of amides is 2. The summed E-state index contributed by atoms with van der Waals surface area (Å²) in [5, 5.41) is 5.88. The summed E-state index contributed by atoms with van der Waals surface area (Å²) in [5.41, 5.74) is 1.35. The SMILES string of the molecule is C[n+]1cccc(C(=O)NCCCCCCNC(=O)c2ccc[n+](C)c2)c1. The lowest BCUT2D eigenvalue weighted by Gasteiger charge is -2.06. The lowest BCUT2D eigenvalue weighted by molar-refractivity contribution is -0.671. The molecule has 0 aliphatic carbocycles. The highest BCUT2D eigenvalue weighted by Crippen LogP contribution is 2.00. The minimum atomic E-state index is -0.0375. The Bertz CT molecular complexity index is 683. The van der Waals surface area contributed by atoms with E-state index in [0.29, 0.717) is 24.2 Å². The molecule has 0 aromatic carbocycles. The summed E-state index contributed by atoms with van der Waals surface area (Å²) >= 11 is 0. The summed E-state index contributed by atoms with van der Waals surface area (Å²) in [6.45, 7) is 1.34. The molecule has 0 saturated carbocycles. The van der Waals surface area contributed by atoms with E-state index in [2.05, 4.69) is 10.6 Å². The summed E-state index contributed by atoms with van der Waals surface area (Å²) in [7, 11) is 3.79. The van der Waals surface area contributed by atoms with Gasteiger partial charge in [0.05, 0.1) is 0 Å². The van der Waals surface area contributed by atoms with Crippen molar-refractivity contribution in [3.8, 4) is 0 Å². The van der Waals surface area contributed by atoms with E-state index in [4.69, 9.17) is 0 Å². The van der Waals surface area contributed by atoms with Gasteiger partial charge in [-0.3, -0.25) is 9.59 Å². The van der Waals surface area contributed by atoms with Gasteiger partial charge in [0.25, 0.3) is 11.8 Å². The number of aromatic nitrogens is 2. The van der Waals surface area contributed by atoms with Crippen LogP contribution >= 0.6 is 0 Å². The van der Waals surface area contributed by atoms with E-state index in [0.717, 1.165) is 25.7 Å². The first-order valence-corrected chi connectivity index (χ1v) is 9.03. The first-order valence-electron chi connectivity index (χ1n) is 9.03. The average molecular weight is 356 g/mol. The van der Waals surface area contributed by atoms with Crippen molar-refractivity contribution in [3.63, 3.8) is 0 Å². The Morgan fingerprint density at radius 2 is 1.19 bits per heavy atom. The second kappa shape index (κ2) is 10.3. The number of carbonyl (C=O) groups is 2. The Labute approximate surface area is 154 Å². The number of pyridine rings is 2. The van der Waals surface area contributed by atoms with Crippen molar-refractivity contribution in [1.29, 1.82) is 0 Å². The third-order valence-corrected chi connectivity index (χ3v) is 4.08. The highest BCUT2D eigenvalue weighted by Gasteiger charge is 2.09. The van der Waals surface area contributed by atoms with Gasteiger partial charge in [-0.1, -0.05) is 12.8 Å². The van der Waals surface area contributed by atoms with Crippen LogP contribution in [0.1, 0.15) is 46.4 Å². The molecule has 0 aliphatic rings. The molecule has 26 heavy (non-hydrogen) atoms. The Balaban J connectivity index is 1.53. The molecule has 2 N–H and O–H groups in total. The fraction of sp³-hybridized carbons (Fsp3) is 0.400. The van der Waals surface area contributed by atoms with Crippen LogP contribution in [-0.2, 0) is 14.1 Å². The van der Waals surface area contributed by atoms with Crippen LogP contribution in [0.25, 0.3) is 0 Å². The molecule has 138 valence electrons. The molecule has 0 saturated heterocycles. The molecule has 2 amide bonds. The summed E-state index contributed by atoms with van der Waals surface area (Å²) in [4.78, 5) is 24.0. The van der Waals surface area contributed by atoms with Gasteiger partial charge in [0, 0.05) is 25.2 Å². The third kappa shape index (κ3) is 6.63. The minimum absolute atomic E-state index is 0.0375. The highest BCUT2D eigenvalue weighted by molar-refractivity contribution is 5.93. The minimum Gasteiger partial charge on any atom is -0.352 e. The van der Waals surface area contributed by atoms with Crippen LogP contribution < -0.4 is 19.8 Å². The first kappa shape index (κ1) is 19.6. The van der Waals surface area contributed by atoms with Gasteiger partial charge in [-0.15, -0.1) is 0 Å². The molecule has 6 heteroatoms. The van der Waals surface area contributed by atoms with Crippen LogP contribution in [0, 0.1) is 0 Å². The molecule has 0 aliphatic heterocycles. The van der Waals surface area contributed by atoms with Crippen molar-refractivity contribution in [3.05, 3.63) is 60.2 Å². The maximum absolute atomic E-state index is 12.0. The van der Waals surface area contributed by atoms with Crippen LogP contribution in [0.3, 0.4) is 0 Å². The third-order valence-electron chi connectivity index (χ3n) is 4.08. The van der Waals surface area contributed by atoms with Crippen LogP contribution in [0.5, 0.6) is 0 Å². The Hall–Kier alpha value is -2.76. The van der Waals surface area contributed by atoms with Gasteiger partial charge in [-0.2, -0.15) is 0 Å². The molecule has 0 bridgehead atoms. The number of hydrogen-bond donors (Lipinski definition) is 2. The fourth-order valence-electron chi connectivity index (χ4n) is 2.66. The van der Waals surface area contributed by atoms with Gasteiger partial charge in [0.15, 0.2) is 24.8 Å². The van der Waals surface area contributed by atoms with Crippen molar-refractivity contribution in [2.75, 3.05) is 13.1 Å². The molecule has 2 aromatic rings. The van der Waals surface area contributed by atoms with E-state index in [1.165, 1.54) is 0 Å². The predicted molar refractivity (Wildman–Crippen MR) is 98.4 cm³/mol. The van der Waals surface area contributed by atoms with Gasteiger partial charge in [-0.25, -0.2) is 9.13 Å². The van der Waals surface area contributed by atoms with Gasteiger partial charge < -0.3 is 10.6 Å². The molecular formula is C20H28N4O2+2. The molecule has 2 aromatic heterocycles. The van der Waals surface area contributed by atoms with E-state index in [1.54, 1.807) is 0 Å². The van der Waals surface area contributed by atoms with Crippen LogP contribution in [-0.4, -0.2) is 24.9 Å². The van der Waals surface area contributed by atoms with E-state index in [9.17, 15) is 9.59 Å². The summed E-state index contributed by atoms with van der Waals surface area (Å²) in [5.74, 6) is -0.0750. The molecule has 2 heterocycles. The lowest BCUT2D eigenvalue weighted by atomic mass is 10.2. The fourth-order valence-corrected chi connectivity index (χ4v) is 2.66. The molecule has 0 unspecified atom stereocenters. The van der Waals surface area contributed by atoms with Crippen LogP contribution in [0.15, 0.2) is 49.1 Å². The number of nitrogens with zero attached hydrogens (tertiary/aromatic N) is 2. The number of carbonyl (C=O) groups excluding carboxylic acids is 2. The quantitative estimate of drug-likeness (QED) is 0.521. The van der Waals surface area contributed by atoms with Gasteiger partial charge in [0.2, 0.25) is 0 Å². The monoisotopic (exact) mass is 356 g/mol. The average Bonchev–Trinajstić information content (AvgIpc) is 2.63. The number of hydrogen-bond acceptors (Lipinski definition) is 2. The lowest BCUT2D eigenvalue weighted by Crippen LogP contribution is -2.31. The van der Waals surface area contributed by atoms with Crippen LogP contribution in [0.4, 0.5) is 0 Å². The number of aryl methyl sites for hydroxylation is 2. The molecule has 0 radical (unpaired) electrons. The smallest absolute Gasteiger partial charge is 0.257 e. The standard InChI is InChI=1S/C20H26N4O2/c1-23-13-7-9-17(15-23)19(25)21-11-5-3-4-6-12-22-20(26)18-10-8-14-24(2)16-18/h7-10,13-16H,3-6,11-12H2,1-2H3/p+2. The second-order valence-electron chi connectivity index (χ2n) is 6.44. The number of unbranched alkanes of at least 4 members (excludes halogenated alkanes) is 3. The predicted octanol–water partition coefficient (Wildman–Crippen LogP) is 1.06. The van der Waals surface area contributed by atoms with Crippen LogP contribution in [0.2, 0.25) is 0 Å². The van der Waals surface area contributed by atoms with Gasteiger partial charge >= 0.3 is 0 Å². The summed E-state index contributed by atoms with van der Waals surface area (Å²) in [6.07, 6.45) is 11.3. The maximum atomic E-state index is 12.0. The zero-order valence-electron chi connectivity index (χ0n) is 15.6. The van der Waals surface area contributed by atoms with Crippen molar-refractivity contribution >= 4 is 11.8 Å². The molecule has 6 nitrogen and oxygen atoms in total. The number of rotatable bonds is 9. The largest absolute Gasteiger partial charge is 0.352 e. The highest BCUT2D eigenvalue weighted by atomic mass is 16.2. The Kier molecular flexibility index (Phi) is 7.74. The van der Waals surface area contributed by atoms with E-state index in [-0.39, 0.29) is 11.8 Å². The van der Waals surface area contributed by atoms with E-state index < -0.39 is 0 Å². The molecule has 0 atom stereocenters. The van der Waals surface area contributed by atoms with Crippen molar-refractivity contribution in [2.24, 2.45) is 14.1 Å². The van der Waals surface area contributed by atoms with Gasteiger partial charge in [0.1, 0.15) is 25.2 Å². The normalized spacial score (nSPS) is 10.4.